The van der Waals surface area contributed by atoms with E-state index < -0.39 is 5.97 Å². The minimum absolute atomic E-state index is 0.0755. The Labute approximate surface area is 105 Å². The van der Waals surface area contributed by atoms with Crippen molar-refractivity contribution < 1.29 is 14.3 Å². The molecule has 0 spiro atoms. The molecule has 2 rings (SSSR count). The van der Waals surface area contributed by atoms with E-state index in [-0.39, 0.29) is 5.76 Å². The zero-order valence-corrected chi connectivity index (χ0v) is 10.3. The first-order valence-electron chi connectivity index (χ1n) is 4.51. The van der Waals surface area contributed by atoms with Crippen LogP contribution in [0.1, 0.15) is 10.6 Å². The number of aromatic carboxylic acids is 1. The normalized spacial score (nSPS) is 10.1. The third kappa shape index (κ3) is 2.35. The maximum atomic E-state index is 10.6. The van der Waals surface area contributed by atoms with E-state index >= 15 is 0 Å². The van der Waals surface area contributed by atoms with Crippen LogP contribution in [0.15, 0.2) is 40.8 Å². The number of rotatable bonds is 3. The molecule has 0 aliphatic heterocycles. The molecule has 1 heterocycles. The van der Waals surface area contributed by atoms with Crippen LogP contribution in [-0.2, 0) is 0 Å². The van der Waals surface area contributed by atoms with E-state index in [9.17, 15) is 4.79 Å². The van der Waals surface area contributed by atoms with Gasteiger partial charge in [0.25, 0.3) is 0 Å². The van der Waals surface area contributed by atoms with Crippen LogP contribution < -0.4 is 5.32 Å². The molecular weight excluding hydrogens is 321 g/mol. The predicted octanol–water partition coefficient (Wildman–Crippen LogP) is 3.33. The van der Waals surface area contributed by atoms with Gasteiger partial charge < -0.3 is 14.8 Å². The zero-order valence-electron chi connectivity index (χ0n) is 8.11. The standard InChI is InChI=1S/C11H8INO3/c12-7-3-1-2-4-8(7)13-10-6-5-9(16-10)11(14)15/h1-6,13H,(H,14,15). The van der Waals surface area contributed by atoms with E-state index in [1.807, 2.05) is 24.3 Å². The van der Waals surface area contributed by atoms with Gasteiger partial charge >= 0.3 is 5.97 Å². The van der Waals surface area contributed by atoms with Crippen molar-refractivity contribution in [3.05, 3.63) is 45.7 Å². The van der Waals surface area contributed by atoms with E-state index in [1.54, 1.807) is 6.07 Å². The van der Waals surface area contributed by atoms with Gasteiger partial charge in [-0.1, -0.05) is 12.1 Å². The molecule has 0 atom stereocenters. The highest BCUT2D eigenvalue weighted by Gasteiger charge is 2.09. The lowest BCUT2D eigenvalue weighted by Gasteiger charge is -2.04. The smallest absolute Gasteiger partial charge is 0.371 e. The fourth-order valence-corrected chi connectivity index (χ4v) is 1.74. The molecule has 4 nitrogen and oxygen atoms in total. The van der Waals surface area contributed by atoms with Gasteiger partial charge in [-0.15, -0.1) is 0 Å². The number of carboxylic acids is 1. The quantitative estimate of drug-likeness (QED) is 0.848. The summed E-state index contributed by atoms with van der Waals surface area (Å²) in [6.45, 7) is 0. The molecular formula is C11H8INO3. The molecule has 0 unspecified atom stereocenters. The van der Waals surface area contributed by atoms with Gasteiger partial charge in [0.1, 0.15) is 0 Å². The summed E-state index contributed by atoms with van der Waals surface area (Å²) >= 11 is 2.19. The van der Waals surface area contributed by atoms with Crippen molar-refractivity contribution in [3.8, 4) is 0 Å². The van der Waals surface area contributed by atoms with E-state index in [0.29, 0.717) is 5.88 Å². The summed E-state index contributed by atoms with van der Waals surface area (Å²) < 4.78 is 6.13. The van der Waals surface area contributed by atoms with Crippen molar-refractivity contribution in [2.45, 2.75) is 0 Å². The van der Waals surface area contributed by atoms with Crippen LogP contribution in [0, 0.1) is 3.57 Å². The summed E-state index contributed by atoms with van der Waals surface area (Å²) in [4.78, 5) is 10.6. The number of hydrogen-bond donors (Lipinski definition) is 2. The Kier molecular flexibility index (Phi) is 3.14. The number of carbonyl (C=O) groups is 1. The lowest BCUT2D eigenvalue weighted by molar-refractivity contribution is 0.0663. The molecule has 0 aliphatic carbocycles. The SMILES string of the molecule is O=C(O)c1ccc(Nc2ccccc2I)o1. The van der Waals surface area contributed by atoms with Crippen LogP contribution in [0.25, 0.3) is 0 Å². The van der Waals surface area contributed by atoms with Gasteiger partial charge in [0, 0.05) is 9.64 Å². The summed E-state index contributed by atoms with van der Waals surface area (Å²) in [6, 6.07) is 10.7. The van der Waals surface area contributed by atoms with Gasteiger partial charge in [0.05, 0.1) is 5.69 Å². The minimum atomic E-state index is -1.07. The molecule has 0 amide bonds. The average molecular weight is 329 g/mol. The van der Waals surface area contributed by atoms with Crippen molar-refractivity contribution in [2.24, 2.45) is 0 Å². The minimum Gasteiger partial charge on any atom is -0.475 e. The lowest BCUT2D eigenvalue weighted by atomic mass is 10.3. The molecule has 16 heavy (non-hydrogen) atoms. The van der Waals surface area contributed by atoms with Gasteiger partial charge in [-0.3, -0.25) is 0 Å². The Morgan fingerprint density at radius 1 is 1.25 bits per heavy atom. The molecule has 2 N–H and O–H groups in total. The molecule has 5 heteroatoms. The first-order chi connectivity index (χ1) is 7.66. The number of furan rings is 1. The summed E-state index contributed by atoms with van der Waals surface area (Å²) in [6.07, 6.45) is 0. The molecule has 1 aromatic heterocycles. The largest absolute Gasteiger partial charge is 0.475 e. The molecule has 0 fully saturated rings. The highest BCUT2D eigenvalue weighted by atomic mass is 127. The van der Waals surface area contributed by atoms with Crippen LogP contribution in [0.2, 0.25) is 0 Å². The Morgan fingerprint density at radius 3 is 2.62 bits per heavy atom. The van der Waals surface area contributed by atoms with Gasteiger partial charge in [0.15, 0.2) is 5.88 Å². The average Bonchev–Trinajstić information content (AvgIpc) is 2.70. The van der Waals surface area contributed by atoms with Crippen LogP contribution in [0.3, 0.4) is 0 Å². The van der Waals surface area contributed by atoms with Gasteiger partial charge in [-0.2, -0.15) is 0 Å². The van der Waals surface area contributed by atoms with E-state index in [0.717, 1.165) is 9.26 Å². The number of para-hydroxylation sites is 1. The summed E-state index contributed by atoms with van der Waals surface area (Å²) in [5.41, 5.74) is 0.884. The highest BCUT2D eigenvalue weighted by molar-refractivity contribution is 14.1. The molecule has 0 saturated carbocycles. The van der Waals surface area contributed by atoms with Crippen LogP contribution >= 0.6 is 22.6 Å². The Hall–Kier alpha value is -1.50. The second-order valence-electron chi connectivity index (χ2n) is 3.07. The highest BCUT2D eigenvalue weighted by Crippen LogP contribution is 2.23. The molecule has 0 bridgehead atoms. The number of halogens is 1. The summed E-state index contributed by atoms with van der Waals surface area (Å²) in [7, 11) is 0. The maximum absolute atomic E-state index is 10.6. The topological polar surface area (TPSA) is 62.5 Å². The number of hydrogen-bond acceptors (Lipinski definition) is 3. The second-order valence-corrected chi connectivity index (χ2v) is 4.24. The van der Waals surface area contributed by atoms with E-state index in [4.69, 9.17) is 9.52 Å². The lowest BCUT2D eigenvalue weighted by Crippen LogP contribution is -1.93. The molecule has 0 saturated heterocycles. The third-order valence-corrected chi connectivity index (χ3v) is 2.89. The summed E-state index contributed by atoms with van der Waals surface area (Å²) in [5, 5.41) is 11.7. The first-order valence-corrected chi connectivity index (χ1v) is 5.59. The first kappa shape index (κ1) is 11.0. The molecule has 0 radical (unpaired) electrons. The van der Waals surface area contributed by atoms with Crippen LogP contribution in [-0.4, -0.2) is 11.1 Å². The molecule has 82 valence electrons. The Bertz CT molecular complexity index is 521. The molecule has 1 aromatic carbocycles. The maximum Gasteiger partial charge on any atom is 0.371 e. The van der Waals surface area contributed by atoms with Gasteiger partial charge in [-0.05, 0) is 40.8 Å². The second kappa shape index (κ2) is 4.56. The van der Waals surface area contributed by atoms with E-state index in [1.165, 1.54) is 6.07 Å². The van der Waals surface area contributed by atoms with Gasteiger partial charge in [-0.25, -0.2) is 4.79 Å². The van der Waals surface area contributed by atoms with Crippen LogP contribution in [0.5, 0.6) is 0 Å². The fraction of sp³-hybridized carbons (Fsp3) is 0. The van der Waals surface area contributed by atoms with Crippen molar-refractivity contribution in [2.75, 3.05) is 5.32 Å². The van der Waals surface area contributed by atoms with Crippen LogP contribution in [0.4, 0.5) is 11.6 Å². The summed E-state index contributed by atoms with van der Waals surface area (Å²) in [5.74, 6) is -0.731. The van der Waals surface area contributed by atoms with Crippen molar-refractivity contribution in [3.63, 3.8) is 0 Å². The third-order valence-electron chi connectivity index (χ3n) is 1.95. The van der Waals surface area contributed by atoms with E-state index in [2.05, 4.69) is 27.9 Å². The molecule has 0 aliphatic rings. The van der Waals surface area contributed by atoms with Crippen molar-refractivity contribution in [1.82, 2.24) is 0 Å². The van der Waals surface area contributed by atoms with Crippen molar-refractivity contribution in [1.29, 1.82) is 0 Å². The zero-order chi connectivity index (χ0) is 11.5. The monoisotopic (exact) mass is 329 g/mol. The fourth-order valence-electron chi connectivity index (χ4n) is 1.22. The van der Waals surface area contributed by atoms with Crippen molar-refractivity contribution >= 4 is 40.1 Å². The number of anilines is 2. The Balaban J connectivity index is 2.21. The number of carboxylic acid groups (broad SMARTS) is 1. The van der Waals surface area contributed by atoms with Gasteiger partial charge in [0.2, 0.25) is 5.76 Å². The number of benzene rings is 1. The Morgan fingerprint density at radius 2 is 2.00 bits per heavy atom. The number of nitrogens with one attached hydrogen (secondary N) is 1. The predicted molar refractivity (Wildman–Crippen MR) is 68.1 cm³/mol. The molecule has 2 aromatic rings.